The standard InChI is InChI=1S/C15H13FN2O2/c16-12-8-11(2-4-14(12)19)18-15(20)10-1-3-13-9(7-10)5-6-17-13/h1-4,7-8,17,19H,5-6H2,(H,18,20). The van der Waals surface area contributed by atoms with E-state index in [1.165, 1.54) is 12.1 Å². The fourth-order valence-corrected chi connectivity index (χ4v) is 2.23. The number of halogens is 1. The molecule has 4 nitrogen and oxygen atoms in total. The largest absolute Gasteiger partial charge is 0.505 e. The van der Waals surface area contributed by atoms with Crippen molar-refractivity contribution in [2.75, 3.05) is 17.2 Å². The Bertz CT molecular complexity index is 686. The summed E-state index contributed by atoms with van der Waals surface area (Å²) in [5.41, 5.74) is 3.00. The minimum Gasteiger partial charge on any atom is -0.505 e. The first-order chi connectivity index (χ1) is 9.63. The second-order valence-electron chi connectivity index (χ2n) is 4.67. The number of rotatable bonds is 2. The molecule has 3 N–H and O–H groups in total. The summed E-state index contributed by atoms with van der Waals surface area (Å²) in [5.74, 6) is -1.50. The van der Waals surface area contributed by atoms with Gasteiger partial charge in [-0.1, -0.05) is 0 Å². The van der Waals surface area contributed by atoms with Gasteiger partial charge in [-0.05, 0) is 42.3 Å². The third-order valence-corrected chi connectivity index (χ3v) is 3.28. The molecule has 0 atom stereocenters. The minimum atomic E-state index is -0.763. The molecule has 2 aromatic rings. The number of hydrogen-bond donors (Lipinski definition) is 3. The highest BCUT2D eigenvalue weighted by molar-refractivity contribution is 6.04. The number of amides is 1. The molecular formula is C15H13FN2O2. The van der Waals surface area contributed by atoms with Gasteiger partial charge in [0.05, 0.1) is 0 Å². The molecule has 0 fully saturated rings. The van der Waals surface area contributed by atoms with Crippen molar-refractivity contribution in [3.8, 4) is 5.75 Å². The second kappa shape index (κ2) is 4.85. The Kier molecular flexibility index (Phi) is 3.02. The van der Waals surface area contributed by atoms with Crippen molar-refractivity contribution in [1.82, 2.24) is 0 Å². The number of benzene rings is 2. The van der Waals surface area contributed by atoms with Crippen molar-refractivity contribution in [1.29, 1.82) is 0 Å². The van der Waals surface area contributed by atoms with Crippen LogP contribution in [0, 0.1) is 5.82 Å². The van der Waals surface area contributed by atoms with Gasteiger partial charge in [-0.2, -0.15) is 0 Å². The summed E-state index contributed by atoms with van der Waals surface area (Å²) in [6, 6.07) is 9.17. The van der Waals surface area contributed by atoms with E-state index < -0.39 is 11.6 Å². The molecule has 5 heteroatoms. The Labute approximate surface area is 115 Å². The number of phenols is 1. The predicted octanol–water partition coefficient (Wildman–Crippen LogP) is 2.75. The molecular weight excluding hydrogens is 259 g/mol. The zero-order valence-corrected chi connectivity index (χ0v) is 10.6. The molecule has 0 saturated heterocycles. The number of phenolic OH excluding ortho intramolecular Hbond substituents is 1. The Morgan fingerprint density at radius 2 is 2.10 bits per heavy atom. The molecule has 1 amide bonds. The molecule has 0 saturated carbocycles. The molecule has 0 unspecified atom stereocenters. The number of fused-ring (bicyclic) bond motifs is 1. The Morgan fingerprint density at radius 3 is 2.90 bits per heavy atom. The van der Waals surface area contributed by atoms with Gasteiger partial charge in [0.25, 0.3) is 5.91 Å². The summed E-state index contributed by atoms with van der Waals surface area (Å²) < 4.78 is 13.2. The first-order valence-corrected chi connectivity index (χ1v) is 6.30. The Hall–Kier alpha value is -2.56. The van der Waals surface area contributed by atoms with E-state index in [9.17, 15) is 9.18 Å². The van der Waals surface area contributed by atoms with E-state index in [0.717, 1.165) is 30.3 Å². The van der Waals surface area contributed by atoms with E-state index in [1.807, 2.05) is 12.1 Å². The van der Waals surface area contributed by atoms with E-state index in [4.69, 9.17) is 5.11 Å². The van der Waals surface area contributed by atoms with Crippen LogP contribution in [0.2, 0.25) is 0 Å². The molecule has 0 radical (unpaired) electrons. The molecule has 0 spiro atoms. The maximum Gasteiger partial charge on any atom is 0.255 e. The number of hydrogen-bond acceptors (Lipinski definition) is 3. The van der Waals surface area contributed by atoms with Crippen LogP contribution in [0.5, 0.6) is 5.75 Å². The van der Waals surface area contributed by atoms with E-state index in [-0.39, 0.29) is 5.91 Å². The highest BCUT2D eigenvalue weighted by Crippen LogP contribution is 2.24. The summed E-state index contributed by atoms with van der Waals surface area (Å²) in [4.78, 5) is 12.1. The third-order valence-electron chi connectivity index (χ3n) is 3.28. The van der Waals surface area contributed by atoms with Crippen LogP contribution in [-0.4, -0.2) is 17.6 Å². The number of anilines is 2. The van der Waals surface area contributed by atoms with Crippen LogP contribution in [0.4, 0.5) is 15.8 Å². The van der Waals surface area contributed by atoms with Crippen LogP contribution in [-0.2, 0) is 6.42 Å². The van der Waals surface area contributed by atoms with Gasteiger partial charge in [0.2, 0.25) is 0 Å². The lowest BCUT2D eigenvalue weighted by atomic mass is 10.1. The van der Waals surface area contributed by atoms with Gasteiger partial charge in [-0.15, -0.1) is 0 Å². The molecule has 1 heterocycles. The smallest absolute Gasteiger partial charge is 0.255 e. The molecule has 0 aromatic heterocycles. The van der Waals surface area contributed by atoms with Gasteiger partial charge in [0.15, 0.2) is 11.6 Å². The van der Waals surface area contributed by atoms with Gasteiger partial charge in [-0.25, -0.2) is 4.39 Å². The fourth-order valence-electron chi connectivity index (χ4n) is 2.23. The van der Waals surface area contributed by atoms with Gasteiger partial charge in [0.1, 0.15) is 0 Å². The summed E-state index contributed by atoms with van der Waals surface area (Å²) in [6.45, 7) is 0.879. The lowest BCUT2D eigenvalue weighted by Crippen LogP contribution is -2.12. The van der Waals surface area contributed by atoms with Gasteiger partial charge >= 0.3 is 0 Å². The highest BCUT2D eigenvalue weighted by Gasteiger charge is 2.14. The average molecular weight is 272 g/mol. The predicted molar refractivity (Wildman–Crippen MR) is 74.7 cm³/mol. The first kappa shape index (κ1) is 12.5. The van der Waals surface area contributed by atoms with Crippen LogP contribution in [0.3, 0.4) is 0 Å². The normalized spacial score (nSPS) is 12.7. The lowest BCUT2D eigenvalue weighted by molar-refractivity contribution is 0.102. The van der Waals surface area contributed by atoms with Crippen molar-refractivity contribution in [3.05, 3.63) is 53.3 Å². The van der Waals surface area contributed by atoms with Gasteiger partial charge in [-0.3, -0.25) is 4.79 Å². The quantitative estimate of drug-likeness (QED) is 0.737. The topological polar surface area (TPSA) is 61.4 Å². The number of carbonyl (C=O) groups is 1. The highest BCUT2D eigenvalue weighted by atomic mass is 19.1. The molecule has 1 aliphatic heterocycles. The number of carbonyl (C=O) groups excluding carboxylic acids is 1. The Morgan fingerprint density at radius 1 is 1.25 bits per heavy atom. The molecule has 1 aliphatic rings. The summed E-state index contributed by atoms with van der Waals surface area (Å²) in [6.07, 6.45) is 0.893. The zero-order chi connectivity index (χ0) is 14.1. The van der Waals surface area contributed by atoms with Crippen LogP contribution >= 0.6 is 0 Å². The monoisotopic (exact) mass is 272 g/mol. The van der Waals surface area contributed by atoms with Crippen molar-refractivity contribution < 1.29 is 14.3 Å². The maximum absolute atomic E-state index is 13.2. The van der Waals surface area contributed by atoms with Crippen molar-refractivity contribution in [3.63, 3.8) is 0 Å². The van der Waals surface area contributed by atoms with Crippen LogP contribution in [0.1, 0.15) is 15.9 Å². The Balaban J connectivity index is 1.80. The molecule has 0 aliphatic carbocycles. The SMILES string of the molecule is O=C(Nc1ccc(O)c(F)c1)c1ccc2c(c1)CCN2. The van der Waals surface area contributed by atoms with Crippen molar-refractivity contribution >= 4 is 17.3 Å². The lowest BCUT2D eigenvalue weighted by Gasteiger charge is -2.07. The van der Waals surface area contributed by atoms with Gasteiger partial charge < -0.3 is 15.7 Å². The number of nitrogens with one attached hydrogen (secondary N) is 2. The van der Waals surface area contributed by atoms with Crippen molar-refractivity contribution in [2.45, 2.75) is 6.42 Å². The fraction of sp³-hybridized carbons (Fsp3) is 0.133. The molecule has 102 valence electrons. The summed E-state index contributed by atoms with van der Waals surface area (Å²) >= 11 is 0. The van der Waals surface area contributed by atoms with E-state index >= 15 is 0 Å². The summed E-state index contributed by atoms with van der Waals surface area (Å²) in [7, 11) is 0. The van der Waals surface area contributed by atoms with Crippen LogP contribution < -0.4 is 10.6 Å². The molecule has 2 aromatic carbocycles. The van der Waals surface area contributed by atoms with E-state index in [0.29, 0.717) is 11.3 Å². The minimum absolute atomic E-state index is 0.301. The molecule has 20 heavy (non-hydrogen) atoms. The second-order valence-corrected chi connectivity index (χ2v) is 4.67. The van der Waals surface area contributed by atoms with Gasteiger partial charge in [0, 0.05) is 29.5 Å². The zero-order valence-electron chi connectivity index (χ0n) is 10.6. The van der Waals surface area contributed by atoms with E-state index in [2.05, 4.69) is 10.6 Å². The van der Waals surface area contributed by atoms with E-state index in [1.54, 1.807) is 6.07 Å². The number of aromatic hydroxyl groups is 1. The van der Waals surface area contributed by atoms with Crippen LogP contribution in [0.15, 0.2) is 36.4 Å². The average Bonchev–Trinajstić information content (AvgIpc) is 2.90. The van der Waals surface area contributed by atoms with Crippen molar-refractivity contribution in [2.24, 2.45) is 0 Å². The van der Waals surface area contributed by atoms with Crippen LogP contribution in [0.25, 0.3) is 0 Å². The molecule has 3 rings (SSSR count). The third kappa shape index (κ3) is 2.30. The summed E-state index contributed by atoms with van der Waals surface area (Å²) in [5, 5.41) is 14.9. The maximum atomic E-state index is 13.2. The molecule has 0 bridgehead atoms. The first-order valence-electron chi connectivity index (χ1n) is 6.30.